The first-order chi connectivity index (χ1) is 12.1. The SMILES string of the molecule is Clc1cc(COc2ccccc2CCc2ncc[nH]2)c(Cl)c(Cl)c1Cl. The normalized spacial score (nSPS) is 10.9. The van der Waals surface area contributed by atoms with Crippen LogP contribution in [-0.4, -0.2) is 9.97 Å². The Balaban J connectivity index is 1.73. The largest absolute Gasteiger partial charge is 0.489 e. The second-order valence-corrected chi connectivity index (χ2v) is 6.93. The first-order valence-electron chi connectivity index (χ1n) is 7.57. The highest BCUT2D eigenvalue weighted by Crippen LogP contribution is 2.38. The standard InChI is InChI=1S/C18H14Cl4N2O/c19-13-9-12(16(20)18(22)17(13)21)10-25-14-4-2-1-3-11(14)5-6-15-23-7-8-24-15/h1-4,7-9H,5-6,10H2,(H,23,24). The summed E-state index contributed by atoms with van der Waals surface area (Å²) in [6.07, 6.45) is 5.16. The lowest BCUT2D eigenvalue weighted by molar-refractivity contribution is 0.303. The second kappa shape index (κ2) is 8.33. The average Bonchev–Trinajstić information content (AvgIpc) is 3.14. The molecule has 1 aromatic heterocycles. The number of halogens is 4. The number of hydrogen-bond acceptors (Lipinski definition) is 2. The number of ether oxygens (including phenoxy) is 1. The van der Waals surface area contributed by atoms with Gasteiger partial charge in [0.15, 0.2) is 0 Å². The Hall–Kier alpha value is -1.39. The summed E-state index contributed by atoms with van der Waals surface area (Å²) in [5.41, 5.74) is 1.77. The minimum atomic E-state index is 0.237. The first-order valence-corrected chi connectivity index (χ1v) is 9.08. The number of aromatic amines is 1. The van der Waals surface area contributed by atoms with Gasteiger partial charge in [-0.3, -0.25) is 0 Å². The molecule has 3 nitrogen and oxygen atoms in total. The molecule has 0 radical (unpaired) electrons. The van der Waals surface area contributed by atoms with Gasteiger partial charge in [-0.1, -0.05) is 64.6 Å². The van der Waals surface area contributed by atoms with Gasteiger partial charge in [0.05, 0.1) is 20.1 Å². The van der Waals surface area contributed by atoms with Crippen LogP contribution in [0.15, 0.2) is 42.7 Å². The van der Waals surface area contributed by atoms with Crippen LogP contribution in [0.3, 0.4) is 0 Å². The lowest BCUT2D eigenvalue weighted by atomic mass is 10.1. The summed E-state index contributed by atoms with van der Waals surface area (Å²) in [7, 11) is 0. The van der Waals surface area contributed by atoms with Gasteiger partial charge < -0.3 is 9.72 Å². The van der Waals surface area contributed by atoms with E-state index in [-0.39, 0.29) is 16.7 Å². The maximum Gasteiger partial charge on any atom is 0.123 e. The molecule has 2 aromatic carbocycles. The molecular weight excluding hydrogens is 402 g/mol. The number of benzene rings is 2. The highest BCUT2D eigenvalue weighted by Gasteiger charge is 2.14. The van der Waals surface area contributed by atoms with Crippen LogP contribution in [0.1, 0.15) is 17.0 Å². The fraction of sp³-hybridized carbons (Fsp3) is 0.167. The molecule has 0 fully saturated rings. The van der Waals surface area contributed by atoms with E-state index in [2.05, 4.69) is 9.97 Å². The molecule has 0 aliphatic heterocycles. The average molecular weight is 416 g/mol. The fourth-order valence-corrected chi connectivity index (χ4v) is 3.32. The number of nitrogens with zero attached hydrogens (tertiary/aromatic N) is 1. The minimum Gasteiger partial charge on any atom is -0.489 e. The molecule has 7 heteroatoms. The Kier molecular flexibility index (Phi) is 6.13. The maximum absolute atomic E-state index is 6.24. The van der Waals surface area contributed by atoms with Crippen molar-refractivity contribution in [2.45, 2.75) is 19.4 Å². The van der Waals surface area contributed by atoms with Gasteiger partial charge in [0.2, 0.25) is 0 Å². The van der Waals surface area contributed by atoms with Crippen LogP contribution in [-0.2, 0) is 19.4 Å². The Labute approximate surface area is 165 Å². The number of aromatic nitrogens is 2. The number of rotatable bonds is 6. The molecule has 1 heterocycles. The quantitative estimate of drug-likeness (QED) is 0.374. The molecule has 0 saturated heterocycles. The van der Waals surface area contributed by atoms with Gasteiger partial charge in [-0.2, -0.15) is 0 Å². The summed E-state index contributed by atoms with van der Waals surface area (Å²) >= 11 is 24.4. The van der Waals surface area contributed by atoms with Crippen molar-refractivity contribution in [3.8, 4) is 5.75 Å². The Morgan fingerprint density at radius 2 is 1.72 bits per heavy atom. The molecule has 3 rings (SSSR count). The number of H-pyrrole nitrogens is 1. The summed E-state index contributed by atoms with van der Waals surface area (Å²) < 4.78 is 5.95. The van der Waals surface area contributed by atoms with Crippen molar-refractivity contribution >= 4 is 46.4 Å². The predicted octanol–water partition coefficient (Wildman–Crippen LogP) is 6.39. The van der Waals surface area contributed by atoms with E-state index in [1.54, 1.807) is 12.3 Å². The zero-order valence-electron chi connectivity index (χ0n) is 13.0. The van der Waals surface area contributed by atoms with Crippen LogP contribution >= 0.6 is 46.4 Å². The number of hydrogen-bond donors (Lipinski definition) is 1. The van der Waals surface area contributed by atoms with Gasteiger partial charge in [-0.15, -0.1) is 0 Å². The molecule has 3 aromatic rings. The van der Waals surface area contributed by atoms with Gasteiger partial charge in [0.1, 0.15) is 18.2 Å². The molecule has 0 saturated carbocycles. The fourth-order valence-electron chi connectivity index (χ4n) is 2.42. The lowest BCUT2D eigenvalue weighted by Crippen LogP contribution is -2.01. The molecule has 25 heavy (non-hydrogen) atoms. The van der Waals surface area contributed by atoms with E-state index in [1.807, 2.05) is 30.5 Å². The summed E-state index contributed by atoms with van der Waals surface area (Å²) in [6.45, 7) is 0.243. The molecular formula is C18H14Cl4N2O. The van der Waals surface area contributed by atoms with Crippen molar-refractivity contribution in [3.05, 3.63) is 79.8 Å². The molecule has 0 unspecified atom stereocenters. The highest BCUT2D eigenvalue weighted by atomic mass is 35.5. The molecule has 0 aliphatic rings. The van der Waals surface area contributed by atoms with Crippen molar-refractivity contribution < 1.29 is 4.74 Å². The third-order valence-electron chi connectivity index (χ3n) is 3.72. The summed E-state index contributed by atoms with van der Waals surface area (Å²) in [5.74, 6) is 1.72. The van der Waals surface area contributed by atoms with Crippen molar-refractivity contribution in [3.63, 3.8) is 0 Å². The van der Waals surface area contributed by atoms with Crippen LogP contribution < -0.4 is 4.74 Å². The van der Waals surface area contributed by atoms with E-state index in [4.69, 9.17) is 51.1 Å². The molecule has 0 atom stereocenters. The van der Waals surface area contributed by atoms with Crippen LogP contribution in [0.25, 0.3) is 0 Å². The molecule has 0 bridgehead atoms. The Morgan fingerprint density at radius 3 is 2.48 bits per heavy atom. The van der Waals surface area contributed by atoms with E-state index in [0.717, 1.165) is 30.0 Å². The summed E-state index contributed by atoms with van der Waals surface area (Å²) in [5, 5.41) is 1.18. The van der Waals surface area contributed by atoms with Crippen LogP contribution in [0.5, 0.6) is 5.75 Å². The lowest BCUT2D eigenvalue weighted by Gasteiger charge is -2.13. The Morgan fingerprint density at radius 1 is 0.920 bits per heavy atom. The van der Waals surface area contributed by atoms with Gasteiger partial charge in [-0.25, -0.2) is 4.98 Å². The third kappa shape index (κ3) is 4.42. The first kappa shape index (κ1) is 18.4. The summed E-state index contributed by atoms with van der Waals surface area (Å²) in [4.78, 5) is 7.34. The van der Waals surface area contributed by atoms with Crippen molar-refractivity contribution in [2.24, 2.45) is 0 Å². The second-order valence-electron chi connectivity index (χ2n) is 5.39. The van der Waals surface area contributed by atoms with Crippen molar-refractivity contribution in [2.75, 3.05) is 0 Å². The Bertz CT molecular complexity index is 866. The van der Waals surface area contributed by atoms with Gasteiger partial charge in [0, 0.05) is 24.4 Å². The van der Waals surface area contributed by atoms with E-state index in [0.29, 0.717) is 15.6 Å². The monoisotopic (exact) mass is 414 g/mol. The van der Waals surface area contributed by atoms with E-state index in [1.165, 1.54) is 0 Å². The van der Waals surface area contributed by atoms with Crippen LogP contribution in [0.4, 0.5) is 0 Å². The van der Waals surface area contributed by atoms with E-state index in [9.17, 15) is 0 Å². The molecule has 1 N–H and O–H groups in total. The molecule has 130 valence electrons. The maximum atomic E-state index is 6.24. The number of imidazole rings is 1. The zero-order valence-corrected chi connectivity index (χ0v) is 16.1. The van der Waals surface area contributed by atoms with Gasteiger partial charge in [0.25, 0.3) is 0 Å². The van der Waals surface area contributed by atoms with E-state index >= 15 is 0 Å². The van der Waals surface area contributed by atoms with Crippen LogP contribution in [0, 0.1) is 0 Å². The number of aryl methyl sites for hydroxylation is 2. The van der Waals surface area contributed by atoms with Crippen molar-refractivity contribution in [1.82, 2.24) is 9.97 Å². The minimum absolute atomic E-state index is 0.237. The highest BCUT2D eigenvalue weighted by molar-refractivity contribution is 6.51. The van der Waals surface area contributed by atoms with Crippen LogP contribution in [0.2, 0.25) is 20.1 Å². The van der Waals surface area contributed by atoms with Gasteiger partial charge >= 0.3 is 0 Å². The topological polar surface area (TPSA) is 37.9 Å². The molecule has 0 spiro atoms. The zero-order chi connectivity index (χ0) is 17.8. The van der Waals surface area contributed by atoms with E-state index < -0.39 is 0 Å². The smallest absolute Gasteiger partial charge is 0.123 e. The number of nitrogens with one attached hydrogen (secondary N) is 1. The predicted molar refractivity (Wildman–Crippen MR) is 103 cm³/mol. The molecule has 0 amide bonds. The third-order valence-corrected chi connectivity index (χ3v) is 5.51. The summed E-state index contributed by atoms with van der Waals surface area (Å²) in [6, 6.07) is 9.53. The number of para-hydroxylation sites is 1. The van der Waals surface area contributed by atoms with Crippen molar-refractivity contribution in [1.29, 1.82) is 0 Å². The molecule has 0 aliphatic carbocycles. The van der Waals surface area contributed by atoms with Gasteiger partial charge in [-0.05, 0) is 24.1 Å².